The van der Waals surface area contributed by atoms with Crippen LogP contribution in [0.15, 0.2) is 0 Å². The smallest absolute Gasteiger partial charge is 0.324 e. The molecule has 1 aliphatic carbocycles. The summed E-state index contributed by atoms with van der Waals surface area (Å²) in [4.78, 5) is 14.0. The molecule has 0 aromatic carbocycles. The first-order valence-corrected chi connectivity index (χ1v) is 6.66. The second-order valence-electron chi connectivity index (χ2n) is 6.27. The maximum Gasteiger partial charge on any atom is 0.324 e. The largest absolute Gasteiger partial charge is 0.480 e. The summed E-state index contributed by atoms with van der Waals surface area (Å²) < 4.78 is 0. The number of nitrogens with zero attached hydrogens (tertiary/aromatic N) is 1. The van der Waals surface area contributed by atoms with E-state index in [1.165, 1.54) is 0 Å². The first-order chi connectivity index (χ1) is 7.96. The van der Waals surface area contributed by atoms with Gasteiger partial charge >= 0.3 is 5.97 Å². The van der Waals surface area contributed by atoms with E-state index in [1.807, 2.05) is 0 Å². The fourth-order valence-electron chi connectivity index (χ4n) is 3.51. The molecule has 1 aliphatic heterocycles. The highest BCUT2D eigenvalue weighted by Crippen LogP contribution is 2.44. The van der Waals surface area contributed by atoms with Crippen molar-refractivity contribution >= 4 is 5.97 Å². The van der Waals surface area contributed by atoms with Gasteiger partial charge in [-0.25, -0.2) is 0 Å². The summed E-state index contributed by atoms with van der Waals surface area (Å²) in [6.07, 6.45) is 3.78. The van der Waals surface area contributed by atoms with E-state index in [0.29, 0.717) is 0 Å². The molecule has 0 radical (unpaired) electrons. The molecule has 4 heteroatoms. The van der Waals surface area contributed by atoms with Gasteiger partial charge in [0.25, 0.3) is 0 Å². The molecule has 1 saturated heterocycles. The number of hydrogen-bond donors (Lipinski definition) is 2. The van der Waals surface area contributed by atoms with Gasteiger partial charge in [0.1, 0.15) is 5.54 Å². The topological polar surface area (TPSA) is 52.6 Å². The lowest BCUT2D eigenvalue weighted by Gasteiger charge is -2.49. The molecular weight excluding hydrogens is 216 g/mol. The predicted molar refractivity (Wildman–Crippen MR) is 67.1 cm³/mol. The van der Waals surface area contributed by atoms with Crippen LogP contribution in [-0.4, -0.2) is 47.7 Å². The molecule has 0 aromatic heterocycles. The number of aliphatic carboxylic acids is 1. The summed E-state index contributed by atoms with van der Waals surface area (Å²) in [7, 11) is 0. The second-order valence-corrected chi connectivity index (χ2v) is 6.27. The minimum Gasteiger partial charge on any atom is -0.480 e. The van der Waals surface area contributed by atoms with Gasteiger partial charge in [0, 0.05) is 26.2 Å². The number of piperazine rings is 1. The Balaban J connectivity index is 2.22. The van der Waals surface area contributed by atoms with E-state index in [1.54, 1.807) is 0 Å². The third kappa shape index (κ3) is 2.47. The van der Waals surface area contributed by atoms with Crippen LogP contribution >= 0.6 is 0 Å². The van der Waals surface area contributed by atoms with Crippen LogP contribution in [-0.2, 0) is 4.79 Å². The third-order valence-electron chi connectivity index (χ3n) is 4.34. The number of carboxylic acids is 1. The standard InChI is InChI=1S/C13H24N2O2/c1-12(2)4-3-5-13(10-12,11(16)17)15-8-6-14-7-9-15/h14H,3-10H2,1-2H3,(H,16,17). The molecule has 0 bridgehead atoms. The Hall–Kier alpha value is -0.610. The quantitative estimate of drug-likeness (QED) is 0.764. The van der Waals surface area contributed by atoms with E-state index >= 15 is 0 Å². The van der Waals surface area contributed by atoms with Gasteiger partial charge in [0.15, 0.2) is 0 Å². The molecule has 98 valence electrons. The zero-order valence-electron chi connectivity index (χ0n) is 11.0. The van der Waals surface area contributed by atoms with Crippen molar-refractivity contribution in [1.29, 1.82) is 0 Å². The Morgan fingerprint density at radius 1 is 1.24 bits per heavy atom. The van der Waals surface area contributed by atoms with Crippen molar-refractivity contribution < 1.29 is 9.90 Å². The van der Waals surface area contributed by atoms with Gasteiger partial charge in [0.2, 0.25) is 0 Å². The molecule has 1 saturated carbocycles. The van der Waals surface area contributed by atoms with Crippen molar-refractivity contribution in [2.45, 2.75) is 45.1 Å². The highest BCUT2D eigenvalue weighted by molar-refractivity contribution is 5.79. The molecule has 4 nitrogen and oxygen atoms in total. The summed E-state index contributed by atoms with van der Waals surface area (Å²) in [6.45, 7) is 7.95. The first kappa shape index (κ1) is 12.8. The SMILES string of the molecule is CC1(C)CCCC(C(=O)O)(N2CCNCC2)C1. The highest BCUT2D eigenvalue weighted by atomic mass is 16.4. The zero-order valence-corrected chi connectivity index (χ0v) is 11.0. The molecule has 0 spiro atoms. The average Bonchev–Trinajstić information content (AvgIpc) is 2.28. The summed E-state index contributed by atoms with van der Waals surface area (Å²) in [5, 5.41) is 13.0. The van der Waals surface area contributed by atoms with E-state index in [2.05, 4.69) is 24.1 Å². The maximum atomic E-state index is 11.8. The number of rotatable bonds is 2. The molecule has 1 unspecified atom stereocenters. The van der Waals surface area contributed by atoms with Crippen molar-refractivity contribution in [3.8, 4) is 0 Å². The van der Waals surface area contributed by atoms with E-state index in [9.17, 15) is 9.90 Å². The van der Waals surface area contributed by atoms with E-state index in [-0.39, 0.29) is 5.41 Å². The summed E-state index contributed by atoms with van der Waals surface area (Å²) >= 11 is 0. The number of hydrogen-bond acceptors (Lipinski definition) is 3. The summed E-state index contributed by atoms with van der Waals surface area (Å²) in [5.74, 6) is -0.618. The van der Waals surface area contributed by atoms with E-state index in [0.717, 1.165) is 51.9 Å². The first-order valence-electron chi connectivity index (χ1n) is 6.66. The minimum absolute atomic E-state index is 0.154. The van der Waals surface area contributed by atoms with Crippen LogP contribution in [0.25, 0.3) is 0 Å². The second kappa shape index (κ2) is 4.58. The number of carbonyl (C=O) groups is 1. The number of carboxylic acid groups (broad SMARTS) is 1. The monoisotopic (exact) mass is 240 g/mol. The van der Waals surface area contributed by atoms with Gasteiger partial charge in [-0.3, -0.25) is 9.69 Å². The maximum absolute atomic E-state index is 11.8. The molecule has 2 N–H and O–H groups in total. The molecule has 2 aliphatic rings. The molecule has 17 heavy (non-hydrogen) atoms. The predicted octanol–water partition coefficient (Wildman–Crippen LogP) is 1.32. The van der Waals surface area contributed by atoms with Crippen LogP contribution < -0.4 is 5.32 Å². The van der Waals surface area contributed by atoms with Crippen LogP contribution in [0.3, 0.4) is 0 Å². The Labute approximate surface area is 103 Å². The van der Waals surface area contributed by atoms with Crippen molar-refractivity contribution in [3.63, 3.8) is 0 Å². The van der Waals surface area contributed by atoms with Gasteiger partial charge in [-0.15, -0.1) is 0 Å². The van der Waals surface area contributed by atoms with Gasteiger partial charge < -0.3 is 10.4 Å². The zero-order chi connectivity index (χ0) is 12.5. The Morgan fingerprint density at radius 3 is 2.41 bits per heavy atom. The Morgan fingerprint density at radius 2 is 1.88 bits per heavy atom. The fourth-order valence-corrected chi connectivity index (χ4v) is 3.51. The van der Waals surface area contributed by atoms with E-state index < -0.39 is 11.5 Å². The molecule has 0 amide bonds. The molecule has 2 rings (SSSR count). The third-order valence-corrected chi connectivity index (χ3v) is 4.34. The molecule has 0 aromatic rings. The highest BCUT2D eigenvalue weighted by Gasteiger charge is 2.49. The van der Waals surface area contributed by atoms with Crippen molar-refractivity contribution in [3.05, 3.63) is 0 Å². The molecule has 1 atom stereocenters. The van der Waals surface area contributed by atoms with Gasteiger partial charge in [0.05, 0.1) is 0 Å². The van der Waals surface area contributed by atoms with Crippen LogP contribution in [0, 0.1) is 5.41 Å². The van der Waals surface area contributed by atoms with Crippen molar-refractivity contribution in [2.75, 3.05) is 26.2 Å². The van der Waals surface area contributed by atoms with Crippen LogP contribution in [0.1, 0.15) is 39.5 Å². The summed E-state index contributed by atoms with van der Waals surface area (Å²) in [5.41, 5.74) is -0.453. The summed E-state index contributed by atoms with van der Waals surface area (Å²) in [6, 6.07) is 0. The fraction of sp³-hybridized carbons (Fsp3) is 0.923. The minimum atomic E-state index is -0.618. The lowest BCUT2D eigenvalue weighted by atomic mass is 9.67. The van der Waals surface area contributed by atoms with Gasteiger partial charge in [-0.1, -0.05) is 20.3 Å². The lowest BCUT2D eigenvalue weighted by Crippen LogP contribution is -2.62. The van der Waals surface area contributed by atoms with E-state index in [4.69, 9.17) is 0 Å². The lowest BCUT2D eigenvalue weighted by molar-refractivity contribution is -0.158. The molecule has 2 fully saturated rings. The van der Waals surface area contributed by atoms with Gasteiger partial charge in [-0.2, -0.15) is 0 Å². The Kier molecular flexibility index (Phi) is 3.46. The van der Waals surface area contributed by atoms with Crippen LogP contribution in [0.4, 0.5) is 0 Å². The van der Waals surface area contributed by atoms with Crippen molar-refractivity contribution in [2.24, 2.45) is 5.41 Å². The van der Waals surface area contributed by atoms with Crippen molar-refractivity contribution in [1.82, 2.24) is 10.2 Å². The normalized spacial score (nSPS) is 34.5. The molecule has 1 heterocycles. The van der Waals surface area contributed by atoms with Crippen LogP contribution in [0.5, 0.6) is 0 Å². The molecular formula is C13H24N2O2. The van der Waals surface area contributed by atoms with Crippen LogP contribution in [0.2, 0.25) is 0 Å². The van der Waals surface area contributed by atoms with Gasteiger partial charge in [-0.05, 0) is 24.7 Å². The Bertz CT molecular complexity index is 298. The number of nitrogens with one attached hydrogen (secondary N) is 1. The average molecular weight is 240 g/mol.